The molecule has 0 unspecified atom stereocenters. The molecule has 0 radical (unpaired) electrons. The quantitative estimate of drug-likeness (QED) is 0.221. The van der Waals surface area contributed by atoms with Crippen LogP contribution in [0.15, 0.2) is 91.0 Å². The Labute approximate surface area is 241 Å². The van der Waals surface area contributed by atoms with E-state index in [4.69, 9.17) is 14.2 Å². The van der Waals surface area contributed by atoms with Crippen LogP contribution < -0.4 is 0 Å². The first-order valence-corrected chi connectivity index (χ1v) is 15.5. The smallest absolute Gasteiger partial charge is 0.113 e. The summed E-state index contributed by atoms with van der Waals surface area (Å²) in [4.78, 5) is 2.61. The highest BCUT2D eigenvalue weighted by Crippen LogP contribution is 2.31. The molecule has 0 N–H and O–H groups in total. The number of ether oxygens (including phenoxy) is 3. The minimum absolute atomic E-state index is 0.0735. The zero-order valence-corrected chi connectivity index (χ0v) is 24.2. The largest absolute Gasteiger partial charge is 0.369 e. The van der Waals surface area contributed by atoms with Crippen molar-refractivity contribution in [2.45, 2.75) is 96.0 Å². The normalized spacial score (nSPS) is 24.2. The van der Waals surface area contributed by atoms with Gasteiger partial charge in [0, 0.05) is 12.6 Å². The van der Waals surface area contributed by atoms with E-state index in [1.54, 1.807) is 0 Å². The lowest BCUT2D eigenvalue weighted by Crippen LogP contribution is -2.62. The van der Waals surface area contributed by atoms with Crippen LogP contribution in [0.4, 0.5) is 0 Å². The van der Waals surface area contributed by atoms with Gasteiger partial charge in [-0.15, -0.1) is 0 Å². The summed E-state index contributed by atoms with van der Waals surface area (Å²) in [5, 5.41) is 0. The molecule has 1 aliphatic carbocycles. The lowest BCUT2D eigenvalue weighted by Gasteiger charge is -2.47. The van der Waals surface area contributed by atoms with Gasteiger partial charge in [0.2, 0.25) is 0 Å². The fraction of sp³-hybridized carbons (Fsp3) is 0.500. The first-order chi connectivity index (χ1) is 19.8. The van der Waals surface area contributed by atoms with Gasteiger partial charge in [-0.2, -0.15) is 0 Å². The summed E-state index contributed by atoms with van der Waals surface area (Å²) >= 11 is 0. The van der Waals surface area contributed by atoms with E-state index in [-0.39, 0.29) is 24.4 Å². The van der Waals surface area contributed by atoms with Gasteiger partial charge in [0.25, 0.3) is 0 Å². The minimum Gasteiger partial charge on any atom is -0.369 e. The number of nitrogens with zero attached hydrogens (tertiary/aromatic N) is 1. The number of hydrogen-bond donors (Lipinski definition) is 0. The molecule has 214 valence electrons. The van der Waals surface area contributed by atoms with Gasteiger partial charge in [0.1, 0.15) is 12.2 Å². The molecule has 1 saturated carbocycles. The molecule has 5 rings (SSSR count). The molecule has 1 saturated heterocycles. The maximum Gasteiger partial charge on any atom is 0.113 e. The molecule has 4 atom stereocenters. The Morgan fingerprint density at radius 3 is 1.68 bits per heavy atom. The predicted octanol–water partition coefficient (Wildman–Crippen LogP) is 7.81. The SMILES string of the molecule is C[C@@H]1[C@@H](OCc2ccccc2)[C@H](OCc2ccccc2)[C@@H](OCc2ccccc2)CN1CCCC1CCCCC1. The Morgan fingerprint density at radius 1 is 0.625 bits per heavy atom. The summed E-state index contributed by atoms with van der Waals surface area (Å²) in [7, 11) is 0. The van der Waals surface area contributed by atoms with Crippen LogP contribution in [-0.2, 0) is 34.0 Å². The molecule has 1 aliphatic heterocycles. The maximum absolute atomic E-state index is 6.74. The third kappa shape index (κ3) is 8.50. The van der Waals surface area contributed by atoms with Crippen LogP contribution in [0, 0.1) is 5.92 Å². The molecule has 3 aromatic carbocycles. The van der Waals surface area contributed by atoms with Gasteiger partial charge in [-0.05, 0) is 48.9 Å². The Kier molecular flexibility index (Phi) is 11.2. The number of benzene rings is 3. The van der Waals surface area contributed by atoms with Gasteiger partial charge in [-0.1, -0.05) is 123 Å². The van der Waals surface area contributed by atoms with Crippen molar-refractivity contribution >= 4 is 0 Å². The van der Waals surface area contributed by atoms with Gasteiger partial charge in [0.05, 0.1) is 25.9 Å². The average Bonchev–Trinajstić information content (AvgIpc) is 3.01. The van der Waals surface area contributed by atoms with Crippen LogP contribution in [0.3, 0.4) is 0 Å². The van der Waals surface area contributed by atoms with Crippen LogP contribution >= 0.6 is 0 Å². The summed E-state index contributed by atoms with van der Waals surface area (Å²) in [6, 6.07) is 31.7. The van der Waals surface area contributed by atoms with E-state index in [1.807, 2.05) is 0 Å². The second-order valence-electron chi connectivity index (χ2n) is 11.7. The van der Waals surface area contributed by atoms with Gasteiger partial charge < -0.3 is 14.2 Å². The van der Waals surface area contributed by atoms with Gasteiger partial charge in [0.15, 0.2) is 0 Å². The molecule has 0 amide bonds. The van der Waals surface area contributed by atoms with Crippen molar-refractivity contribution in [2.24, 2.45) is 5.92 Å². The van der Waals surface area contributed by atoms with Crippen molar-refractivity contribution in [1.82, 2.24) is 4.90 Å². The van der Waals surface area contributed by atoms with E-state index < -0.39 is 0 Å². The Hall–Kier alpha value is -2.50. The molecule has 4 heteroatoms. The van der Waals surface area contributed by atoms with E-state index in [0.29, 0.717) is 19.8 Å². The standard InChI is InChI=1S/C36H47NO3/c1-29-35(39-27-32-19-10-4-11-20-32)36(40-28-33-21-12-5-13-22-33)34(38-26-31-17-8-3-9-18-31)25-37(29)24-14-23-30-15-6-2-7-16-30/h3-5,8-13,17-22,29-30,34-36H,2,6-7,14-16,23-28H2,1H3/t29-,34+,35-,36-/m1/s1. The molecule has 0 bridgehead atoms. The van der Waals surface area contributed by atoms with Crippen molar-refractivity contribution in [2.75, 3.05) is 13.1 Å². The summed E-state index contributed by atoms with van der Waals surface area (Å²) in [5.41, 5.74) is 3.55. The predicted molar refractivity (Wildman–Crippen MR) is 162 cm³/mol. The fourth-order valence-corrected chi connectivity index (χ4v) is 6.44. The number of rotatable bonds is 13. The van der Waals surface area contributed by atoms with Crippen molar-refractivity contribution < 1.29 is 14.2 Å². The van der Waals surface area contributed by atoms with Crippen LogP contribution in [0.2, 0.25) is 0 Å². The minimum atomic E-state index is -0.155. The van der Waals surface area contributed by atoms with Crippen LogP contribution in [0.25, 0.3) is 0 Å². The lowest BCUT2D eigenvalue weighted by molar-refractivity contribution is -0.200. The van der Waals surface area contributed by atoms with Crippen molar-refractivity contribution in [3.05, 3.63) is 108 Å². The summed E-state index contributed by atoms with van der Waals surface area (Å²) < 4.78 is 20.1. The first-order valence-electron chi connectivity index (χ1n) is 15.5. The summed E-state index contributed by atoms with van der Waals surface area (Å²) in [6.07, 6.45) is 9.33. The lowest BCUT2D eigenvalue weighted by atomic mass is 9.86. The number of likely N-dealkylation sites (tertiary alicyclic amines) is 1. The second-order valence-corrected chi connectivity index (χ2v) is 11.7. The number of piperidine rings is 1. The molecular formula is C36H47NO3. The molecule has 2 fully saturated rings. The van der Waals surface area contributed by atoms with E-state index in [0.717, 1.165) is 19.0 Å². The molecule has 40 heavy (non-hydrogen) atoms. The van der Waals surface area contributed by atoms with Gasteiger partial charge in [-0.25, -0.2) is 0 Å². The first kappa shape index (κ1) is 29.0. The molecule has 0 spiro atoms. The third-order valence-electron chi connectivity index (χ3n) is 8.82. The van der Waals surface area contributed by atoms with E-state index in [9.17, 15) is 0 Å². The van der Waals surface area contributed by atoms with Crippen LogP contribution in [0.5, 0.6) is 0 Å². The molecule has 3 aromatic rings. The summed E-state index contributed by atoms with van der Waals surface area (Å²) in [6.45, 7) is 5.97. The highest BCUT2D eigenvalue weighted by atomic mass is 16.6. The molecular weight excluding hydrogens is 494 g/mol. The average molecular weight is 542 g/mol. The monoisotopic (exact) mass is 541 g/mol. The molecule has 1 heterocycles. The maximum atomic E-state index is 6.74. The molecule has 4 nitrogen and oxygen atoms in total. The topological polar surface area (TPSA) is 30.9 Å². The second kappa shape index (κ2) is 15.5. The fourth-order valence-electron chi connectivity index (χ4n) is 6.44. The van der Waals surface area contributed by atoms with E-state index >= 15 is 0 Å². The highest BCUT2D eigenvalue weighted by Gasteiger charge is 2.43. The van der Waals surface area contributed by atoms with Crippen molar-refractivity contribution in [1.29, 1.82) is 0 Å². The zero-order valence-electron chi connectivity index (χ0n) is 24.2. The Morgan fingerprint density at radius 2 is 1.12 bits per heavy atom. The third-order valence-corrected chi connectivity index (χ3v) is 8.82. The number of hydrogen-bond acceptors (Lipinski definition) is 4. The van der Waals surface area contributed by atoms with Crippen molar-refractivity contribution in [3.63, 3.8) is 0 Å². The van der Waals surface area contributed by atoms with E-state index in [2.05, 4.69) is 103 Å². The zero-order chi connectivity index (χ0) is 27.4. The highest BCUT2D eigenvalue weighted by molar-refractivity contribution is 5.15. The van der Waals surface area contributed by atoms with Gasteiger partial charge in [-0.3, -0.25) is 4.90 Å². The van der Waals surface area contributed by atoms with Crippen molar-refractivity contribution in [3.8, 4) is 0 Å². The Balaban J connectivity index is 1.32. The Bertz CT molecular complexity index is 1090. The van der Waals surface area contributed by atoms with Crippen LogP contribution in [-0.4, -0.2) is 42.3 Å². The van der Waals surface area contributed by atoms with Crippen LogP contribution in [0.1, 0.15) is 68.6 Å². The summed E-state index contributed by atoms with van der Waals surface area (Å²) in [5.74, 6) is 0.908. The van der Waals surface area contributed by atoms with E-state index in [1.165, 1.54) is 61.6 Å². The van der Waals surface area contributed by atoms with Gasteiger partial charge >= 0.3 is 0 Å². The molecule has 2 aliphatic rings. The molecule has 0 aromatic heterocycles.